The summed E-state index contributed by atoms with van der Waals surface area (Å²) in [6, 6.07) is 9.62. The molecule has 0 spiro atoms. The summed E-state index contributed by atoms with van der Waals surface area (Å²) in [6.45, 7) is 1.10. The minimum absolute atomic E-state index is 0.0102. The lowest BCUT2D eigenvalue weighted by atomic mass is 10.1. The first-order chi connectivity index (χ1) is 14.2. The maximum absolute atomic E-state index is 11.1. The fourth-order valence-electron chi connectivity index (χ4n) is 3.41. The summed E-state index contributed by atoms with van der Waals surface area (Å²) >= 11 is 0. The molecule has 2 aromatic heterocycles. The van der Waals surface area contributed by atoms with Crippen molar-refractivity contribution in [1.29, 1.82) is 5.26 Å². The summed E-state index contributed by atoms with van der Waals surface area (Å²) in [6.07, 6.45) is 5.36. The maximum Gasteiger partial charge on any atom is 0.407 e. The van der Waals surface area contributed by atoms with Gasteiger partial charge in [0.25, 0.3) is 0 Å². The van der Waals surface area contributed by atoms with Gasteiger partial charge in [-0.1, -0.05) is 5.21 Å². The van der Waals surface area contributed by atoms with Crippen LogP contribution < -0.4 is 4.74 Å². The second-order valence-electron chi connectivity index (χ2n) is 6.71. The van der Waals surface area contributed by atoms with Crippen molar-refractivity contribution in [3.8, 4) is 17.5 Å². The maximum atomic E-state index is 11.1. The predicted molar refractivity (Wildman–Crippen MR) is 101 cm³/mol. The van der Waals surface area contributed by atoms with Crippen molar-refractivity contribution in [3.63, 3.8) is 0 Å². The van der Waals surface area contributed by atoms with Crippen LogP contribution in [-0.2, 0) is 6.61 Å². The lowest BCUT2D eigenvalue weighted by Gasteiger charge is -2.30. The zero-order valence-corrected chi connectivity index (χ0v) is 15.5. The Bertz CT molecular complexity index is 1010. The quantitative estimate of drug-likeness (QED) is 0.705. The van der Waals surface area contributed by atoms with Crippen molar-refractivity contribution < 1.29 is 14.6 Å². The van der Waals surface area contributed by atoms with Gasteiger partial charge in [0.1, 0.15) is 24.1 Å². The lowest BCUT2D eigenvalue weighted by molar-refractivity contribution is 0.123. The van der Waals surface area contributed by atoms with E-state index in [2.05, 4.69) is 21.5 Å². The van der Waals surface area contributed by atoms with E-state index in [-0.39, 0.29) is 12.6 Å². The number of nitrogens with zero attached hydrogens (tertiary/aromatic N) is 7. The van der Waals surface area contributed by atoms with Crippen molar-refractivity contribution >= 4 is 6.09 Å². The Labute approximate surface area is 166 Å². The third-order valence-corrected chi connectivity index (χ3v) is 4.98. The number of aromatic nitrogens is 5. The number of hydrogen-bond donors (Lipinski definition) is 1. The van der Waals surface area contributed by atoms with Crippen molar-refractivity contribution in [3.05, 3.63) is 54.1 Å². The van der Waals surface area contributed by atoms with E-state index in [9.17, 15) is 10.1 Å². The molecule has 29 heavy (non-hydrogen) atoms. The summed E-state index contributed by atoms with van der Waals surface area (Å²) in [4.78, 5) is 12.4. The molecule has 0 unspecified atom stereocenters. The van der Waals surface area contributed by atoms with Crippen LogP contribution in [0.5, 0.6) is 5.75 Å². The smallest absolute Gasteiger partial charge is 0.407 e. The van der Waals surface area contributed by atoms with E-state index in [0.717, 1.165) is 5.69 Å². The fourth-order valence-corrected chi connectivity index (χ4v) is 3.41. The normalized spacial score (nSPS) is 14.5. The summed E-state index contributed by atoms with van der Waals surface area (Å²) in [7, 11) is 0. The molecule has 0 bridgehead atoms. The molecule has 0 aliphatic carbocycles. The second kappa shape index (κ2) is 8.02. The first-order valence-electron chi connectivity index (χ1n) is 9.19. The van der Waals surface area contributed by atoms with Crippen molar-refractivity contribution in [2.75, 3.05) is 13.1 Å². The van der Waals surface area contributed by atoms with Gasteiger partial charge in [-0.2, -0.15) is 10.4 Å². The van der Waals surface area contributed by atoms with Gasteiger partial charge in [-0.3, -0.25) is 4.68 Å². The van der Waals surface area contributed by atoms with Gasteiger partial charge in [0.2, 0.25) is 0 Å². The molecule has 148 valence electrons. The number of likely N-dealkylation sites (tertiary alicyclic amines) is 1. The van der Waals surface area contributed by atoms with Gasteiger partial charge in [-0.15, -0.1) is 5.10 Å². The zero-order chi connectivity index (χ0) is 20.2. The number of benzene rings is 1. The van der Waals surface area contributed by atoms with Gasteiger partial charge in [-0.25, -0.2) is 9.48 Å². The Morgan fingerprint density at radius 2 is 2.03 bits per heavy atom. The Kier molecular flexibility index (Phi) is 5.11. The molecule has 1 N–H and O–H groups in total. The summed E-state index contributed by atoms with van der Waals surface area (Å²) < 4.78 is 9.17. The first-order valence-corrected chi connectivity index (χ1v) is 9.19. The van der Waals surface area contributed by atoms with Crippen molar-refractivity contribution in [1.82, 2.24) is 29.7 Å². The van der Waals surface area contributed by atoms with Gasteiger partial charge < -0.3 is 14.7 Å². The number of rotatable bonds is 5. The molecular weight excluding hydrogens is 374 g/mol. The van der Waals surface area contributed by atoms with Gasteiger partial charge in [0.15, 0.2) is 0 Å². The summed E-state index contributed by atoms with van der Waals surface area (Å²) in [5, 5.41) is 30.8. The van der Waals surface area contributed by atoms with Crippen LogP contribution in [0.4, 0.5) is 4.79 Å². The minimum Gasteiger partial charge on any atom is -0.489 e. The van der Waals surface area contributed by atoms with E-state index in [1.165, 1.54) is 4.90 Å². The highest BCUT2D eigenvalue weighted by Gasteiger charge is 2.26. The van der Waals surface area contributed by atoms with Crippen LogP contribution in [0.3, 0.4) is 0 Å². The number of nitriles is 1. The molecule has 1 fully saturated rings. The molecule has 10 heteroatoms. The fraction of sp³-hybridized carbons (Fsp3) is 0.316. The Morgan fingerprint density at radius 3 is 2.66 bits per heavy atom. The average Bonchev–Trinajstić information content (AvgIpc) is 3.42. The number of ether oxygens (including phenoxy) is 1. The highest BCUT2D eigenvalue weighted by Crippen LogP contribution is 2.25. The number of carboxylic acid groups (broad SMARTS) is 1. The largest absolute Gasteiger partial charge is 0.489 e. The first kappa shape index (κ1) is 18.5. The van der Waals surface area contributed by atoms with E-state index in [1.807, 2.05) is 24.3 Å². The molecule has 4 rings (SSSR count). The molecule has 0 radical (unpaired) electrons. The lowest BCUT2D eigenvalue weighted by Crippen LogP contribution is -2.38. The number of piperidine rings is 1. The number of hydrogen-bond acceptors (Lipinski definition) is 6. The van der Waals surface area contributed by atoms with Crippen molar-refractivity contribution in [2.24, 2.45) is 0 Å². The van der Waals surface area contributed by atoms with E-state index < -0.39 is 6.09 Å². The third kappa shape index (κ3) is 3.89. The van der Waals surface area contributed by atoms with E-state index in [0.29, 0.717) is 42.9 Å². The molecule has 1 aliphatic rings. The summed E-state index contributed by atoms with van der Waals surface area (Å²) in [5.41, 5.74) is 2.03. The van der Waals surface area contributed by atoms with Crippen LogP contribution in [0.25, 0.3) is 5.69 Å². The van der Waals surface area contributed by atoms with Crippen LogP contribution in [0, 0.1) is 11.3 Å². The van der Waals surface area contributed by atoms with Crippen LogP contribution in [0.1, 0.15) is 30.1 Å². The molecule has 1 aliphatic heterocycles. The monoisotopic (exact) mass is 393 g/mol. The van der Waals surface area contributed by atoms with Crippen molar-refractivity contribution in [2.45, 2.75) is 25.5 Å². The molecule has 3 aromatic rings. The third-order valence-electron chi connectivity index (χ3n) is 4.98. The average molecular weight is 393 g/mol. The van der Waals surface area contributed by atoms with Gasteiger partial charge in [0, 0.05) is 18.7 Å². The highest BCUT2D eigenvalue weighted by atomic mass is 16.5. The number of amides is 1. The van der Waals surface area contributed by atoms with Crippen LogP contribution >= 0.6 is 0 Å². The predicted octanol–water partition coefficient (Wildman–Crippen LogP) is 2.23. The molecule has 0 saturated carbocycles. The van der Waals surface area contributed by atoms with Crippen LogP contribution in [0.2, 0.25) is 0 Å². The highest BCUT2D eigenvalue weighted by molar-refractivity contribution is 5.65. The Hall–Kier alpha value is -3.87. The molecule has 3 heterocycles. The standard InChI is InChI=1S/C19H19N7O3/c20-11-18-14(12-22-26(18)16-5-8-24(9-6-16)19(27)28)13-29-17-3-1-15(2-4-17)25-10-7-21-23-25/h1-4,7,10,12,16H,5-6,8-9,13H2,(H,27,28). The van der Waals surface area contributed by atoms with Gasteiger partial charge in [-0.05, 0) is 37.1 Å². The molecule has 0 atom stereocenters. The topological polar surface area (TPSA) is 122 Å². The van der Waals surface area contributed by atoms with Gasteiger partial charge >= 0.3 is 6.09 Å². The zero-order valence-electron chi connectivity index (χ0n) is 15.5. The van der Waals surface area contributed by atoms with E-state index in [1.54, 1.807) is 28.0 Å². The van der Waals surface area contributed by atoms with Crippen LogP contribution in [-0.4, -0.2) is 54.0 Å². The van der Waals surface area contributed by atoms with E-state index >= 15 is 0 Å². The molecule has 1 amide bonds. The molecule has 10 nitrogen and oxygen atoms in total. The summed E-state index contributed by atoms with van der Waals surface area (Å²) in [5.74, 6) is 0.667. The SMILES string of the molecule is N#Cc1c(COc2ccc(-n3ccnn3)cc2)cnn1C1CCN(C(=O)O)CC1. The Balaban J connectivity index is 1.41. The molecule has 1 aromatic carbocycles. The van der Waals surface area contributed by atoms with Gasteiger partial charge in [0.05, 0.1) is 30.3 Å². The second-order valence-corrected chi connectivity index (χ2v) is 6.71. The minimum atomic E-state index is -0.909. The molecule has 1 saturated heterocycles. The molecular formula is C19H19N7O3. The van der Waals surface area contributed by atoms with E-state index in [4.69, 9.17) is 9.84 Å². The van der Waals surface area contributed by atoms with Crippen LogP contribution in [0.15, 0.2) is 42.9 Å². The Morgan fingerprint density at radius 1 is 1.28 bits per heavy atom. The number of carbonyl (C=O) groups is 1.